The summed E-state index contributed by atoms with van der Waals surface area (Å²) in [7, 11) is 1.21. The number of hydrogen-bond acceptors (Lipinski definition) is 4. The SMILES string of the molecule is COC(=O)c1c(O)c(C)n2c1C(=O)NCC2. The standard InChI is InChI=1S/C10H12N2O4/c1-5-8(13)6(10(15)16-2)7-9(14)11-3-4-12(5)7/h13H,3-4H2,1-2H3,(H,11,14). The lowest BCUT2D eigenvalue weighted by Crippen LogP contribution is -2.36. The van der Waals surface area contributed by atoms with Crippen LogP contribution in [0.3, 0.4) is 0 Å². The molecule has 2 rings (SSSR count). The lowest BCUT2D eigenvalue weighted by molar-refractivity contribution is 0.0592. The van der Waals surface area contributed by atoms with Crippen LogP contribution < -0.4 is 5.32 Å². The van der Waals surface area contributed by atoms with Crippen LogP contribution in [0.1, 0.15) is 26.5 Å². The minimum atomic E-state index is -0.702. The quantitative estimate of drug-likeness (QED) is 0.659. The monoisotopic (exact) mass is 224 g/mol. The number of aromatic hydroxyl groups is 1. The Morgan fingerprint density at radius 2 is 2.25 bits per heavy atom. The molecule has 0 atom stereocenters. The zero-order valence-corrected chi connectivity index (χ0v) is 9.03. The van der Waals surface area contributed by atoms with Gasteiger partial charge in [-0.05, 0) is 6.92 Å². The van der Waals surface area contributed by atoms with Gasteiger partial charge in [-0.3, -0.25) is 4.79 Å². The van der Waals surface area contributed by atoms with Crippen molar-refractivity contribution in [2.24, 2.45) is 0 Å². The fourth-order valence-electron chi connectivity index (χ4n) is 1.90. The molecule has 1 aliphatic heterocycles. The Bertz CT molecular complexity index is 476. The smallest absolute Gasteiger partial charge is 0.344 e. The molecule has 1 aromatic heterocycles. The van der Waals surface area contributed by atoms with Gasteiger partial charge in [-0.2, -0.15) is 0 Å². The van der Waals surface area contributed by atoms with Crippen LogP contribution in [-0.2, 0) is 11.3 Å². The largest absolute Gasteiger partial charge is 0.505 e. The number of hydrogen-bond donors (Lipinski definition) is 2. The summed E-state index contributed by atoms with van der Waals surface area (Å²) in [4.78, 5) is 23.1. The molecule has 0 bridgehead atoms. The molecular weight excluding hydrogens is 212 g/mol. The zero-order valence-electron chi connectivity index (χ0n) is 9.03. The van der Waals surface area contributed by atoms with Gasteiger partial charge in [0.1, 0.15) is 11.3 Å². The van der Waals surface area contributed by atoms with Gasteiger partial charge in [0.15, 0.2) is 5.75 Å². The molecule has 0 radical (unpaired) electrons. The molecule has 86 valence electrons. The number of fused-ring (bicyclic) bond motifs is 1. The Labute approximate surface area is 91.8 Å². The number of esters is 1. The van der Waals surface area contributed by atoms with Crippen molar-refractivity contribution in [3.8, 4) is 5.75 Å². The van der Waals surface area contributed by atoms with Crippen LogP contribution in [0.4, 0.5) is 0 Å². The van der Waals surface area contributed by atoms with Gasteiger partial charge < -0.3 is 19.7 Å². The molecule has 6 nitrogen and oxygen atoms in total. The average molecular weight is 224 g/mol. The number of nitrogens with zero attached hydrogens (tertiary/aromatic N) is 1. The van der Waals surface area contributed by atoms with Gasteiger partial charge in [-0.15, -0.1) is 0 Å². The van der Waals surface area contributed by atoms with E-state index >= 15 is 0 Å². The summed E-state index contributed by atoms with van der Waals surface area (Å²) < 4.78 is 6.18. The van der Waals surface area contributed by atoms with Crippen LogP contribution in [0.15, 0.2) is 0 Å². The molecule has 6 heteroatoms. The van der Waals surface area contributed by atoms with Crippen LogP contribution >= 0.6 is 0 Å². The van der Waals surface area contributed by atoms with Crippen LogP contribution in [0.25, 0.3) is 0 Å². The van der Waals surface area contributed by atoms with Gasteiger partial charge in [0.2, 0.25) is 0 Å². The molecule has 0 unspecified atom stereocenters. The molecule has 0 aromatic carbocycles. The van der Waals surface area contributed by atoms with Crippen molar-refractivity contribution >= 4 is 11.9 Å². The van der Waals surface area contributed by atoms with Gasteiger partial charge in [0.05, 0.1) is 12.8 Å². The fraction of sp³-hybridized carbons (Fsp3) is 0.400. The Balaban J connectivity index is 2.69. The Kier molecular flexibility index (Phi) is 2.34. The Hall–Kier alpha value is -1.98. The van der Waals surface area contributed by atoms with Crippen molar-refractivity contribution in [2.45, 2.75) is 13.5 Å². The minimum Gasteiger partial charge on any atom is -0.505 e. The van der Waals surface area contributed by atoms with Crippen molar-refractivity contribution in [3.63, 3.8) is 0 Å². The summed E-state index contributed by atoms with van der Waals surface area (Å²) in [5.41, 5.74) is 0.621. The second kappa shape index (κ2) is 3.55. The van der Waals surface area contributed by atoms with E-state index in [4.69, 9.17) is 0 Å². The molecule has 2 heterocycles. The first-order chi connectivity index (χ1) is 7.57. The molecule has 0 saturated heterocycles. The maximum absolute atomic E-state index is 11.6. The van der Waals surface area contributed by atoms with Crippen molar-refractivity contribution in [3.05, 3.63) is 17.0 Å². The molecule has 0 spiro atoms. The normalized spacial score (nSPS) is 14.2. The van der Waals surface area contributed by atoms with E-state index in [1.54, 1.807) is 11.5 Å². The topological polar surface area (TPSA) is 80.6 Å². The second-order valence-corrected chi connectivity index (χ2v) is 3.56. The van der Waals surface area contributed by atoms with E-state index in [1.165, 1.54) is 7.11 Å². The maximum atomic E-state index is 11.6. The van der Waals surface area contributed by atoms with Gasteiger partial charge in [-0.1, -0.05) is 0 Å². The molecule has 1 aliphatic rings. The number of aromatic nitrogens is 1. The van der Waals surface area contributed by atoms with Gasteiger partial charge in [0, 0.05) is 13.1 Å². The van der Waals surface area contributed by atoms with Crippen molar-refractivity contribution in [1.82, 2.24) is 9.88 Å². The van der Waals surface area contributed by atoms with Gasteiger partial charge in [-0.25, -0.2) is 4.79 Å². The molecular formula is C10H12N2O4. The van der Waals surface area contributed by atoms with Crippen LogP contribution in [0.2, 0.25) is 0 Å². The highest BCUT2D eigenvalue weighted by molar-refractivity contribution is 6.07. The summed E-state index contributed by atoms with van der Waals surface area (Å²) in [5.74, 6) is -1.25. The Morgan fingerprint density at radius 1 is 1.56 bits per heavy atom. The zero-order chi connectivity index (χ0) is 11.9. The summed E-state index contributed by atoms with van der Waals surface area (Å²) in [5, 5.41) is 12.4. The summed E-state index contributed by atoms with van der Waals surface area (Å²) in [6, 6.07) is 0. The predicted molar refractivity (Wildman–Crippen MR) is 54.5 cm³/mol. The molecule has 0 saturated carbocycles. The number of amides is 1. The highest BCUT2D eigenvalue weighted by Gasteiger charge is 2.31. The van der Waals surface area contributed by atoms with E-state index < -0.39 is 5.97 Å². The van der Waals surface area contributed by atoms with Gasteiger partial charge >= 0.3 is 5.97 Å². The minimum absolute atomic E-state index is 0.0581. The first kappa shape index (κ1) is 10.5. The van der Waals surface area contributed by atoms with Crippen LogP contribution in [0.5, 0.6) is 5.75 Å². The van der Waals surface area contributed by atoms with Gasteiger partial charge in [0.25, 0.3) is 5.91 Å². The third kappa shape index (κ3) is 1.26. The number of ether oxygens (including phenoxy) is 1. The van der Waals surface area contributed by atoms with Crippen LogP contribution in [0, 0.1) is 6.92 Å². The highest BCUT2D eigenvalue weighted by Crippen LogP contribution is 2.30. The van der Waals surface area contributed by atoms with E-state index in [-0.39, 0.29) is 22.9 Å². The van der Waals surface area contributed by atoms with E-state index in [0.717, 1.165) is 0 Å². The molecule has 1 aromatic rings. The Morgan fingerprint density at radius 3 is 2.88 bits per heavy atom. The molecule has 2 N–H and O–H groups in total. The highest BCUT2D eigenvalue weighted by atomic mass is 16.5. The summed E-state index contributed by atoms with van der Waals surface area (Å²) in [6.07, 6.45) is 0. The molecule has 1 amide bonds. The fourth-order valence-corrected chi connectivity index (χ4v) is 1.90. The van der Waals surface area contributed by atoms with E-state index in [9.17, 15) is 14.7 Å². The predicted octanol–water partition coefficient (Wildman–Crippen LogP) is 0.0321. The molecule has 0 fully saturated rings. The molecule has 0 aliphatic carbocycles. The number of carbonyl (C=O) groups is 2. The lowest BCUT2D eigenvalue weighted by atomic mass is 10.2. The van der Waals surface area contributed by atoms with E-state index in [0.29, 0.717) is 18.8 Å². The van der Waals surface area contributed by atoms with Crippen LogP contribution in [-0.4, -0.2) is 35.2 Å². The van der Waals surface area contributed by atoms with Crippen molar-refractivity contribution < 1.29 is 19.4 Å². The van der Waals surface area contributed by atoms with Crippen molar-refractivity contribution in [2.75, 3.05) is 13.7 Å². The first-order valence-corrected chi connectivity index (χ1v) is 4.86. The number of nitrogens with one attached hydrogen (secondary N) is 1. The third-order valence-electron chi connectivity index (χ3n) is 2.72. The number of methoxy groups -OCH3 is 1. The summed E-state index contributed by atoms with van der Waals surface area (Å²) >= 11 is 0. The van der Waals surface area contributed by atoms with E-state index in [2.05, 4.69) is 10.1 Å². The summed E-state index contributed by atoms with van der Waals surface area (Å²) in [6.45, 7) is 2.68. The first-order valence-electron chi connectivity index (χ1n) is 4.86. The second-order valence-electron chi connectivity index (χ2n) is 3.56. The molecule has 16 heavy (non-hydrogen) atoms. The number of rotatable bonds is 1. The van der Waals surface area contributed by atoms with Crippen molar-refractivity contribution in [1.29, 1.82) is 0 Å². The third-order valence-corrected chi connectivity index (χ3v) is 2.72. The maximum Gasteiger partial charge on any atom is 0.344 e. The number of carbonyl (C=O) groups excluding carboxylic acids is 2. The van der Waals surface area contributed by atoms with E-state index in [1.807, 2.05) is 0 Å². The lowest BCUT2D eigenvalue weighted by Gasteiger charge is -2.17. The average Bonchev–Trinajstić information content (AvgIpc) is 2.54.